The van der Waals surface area contributed by atoms with Crippen molar-refractivity contribution < 1.29 is 0 Å². The first-order valence-electron chi connectivity index (χ1n) is 10.4. The van der Waals surface area contributed by atoms with E-state index in [1.165, 1.54) is 58.4 Å². The van der Waals surface area contributed by atoms with Gasteiger partial charge in [0.2, 0.25) is 0 Å². The molecule has 2 aromatic rings. The van der Waals surface area contributed by atoms with Crippen molar-refractivity contribution in [2.75, 3.05) is 0 Å². The van der Waals surface area contributed by atoms with E-state index >= 15 is 0 Å². The van der Waals surface area contributed by atoms with Crippen LogP contribution in [0.2, 0.25) is 0 Å². The molecule has 2 unspecified atom stereocenters. The fraction of sp³-hybridized carbons (Fsp3) is 0.583. The van der Waals surface area contributed by atoms with Crippen LogP contribution in [0, 0.1) is 23.7 Å². The van der Waals surface area contributed by atoms with Crippen LogP contribution in [0.5, 0.6) is 0 Å². The molecular weight excluding hydrogens is 288 g/mol. The van der Waals surface area contributed by atoms with E-state index < -0.39 is 0 Å². The second kappa shape index (κ2) is 6.21. The Morgan fingerprint density at radius 2 is 1.08 bits per heavy atom. The van der Waals surface area contributed by atoms with Crippen LogP contribution in [0.4, 0.5) is 0 Å². The van der Waals surface area contributed by atoms with Crippen molar-refractivity contribution >= 4 is 10.8 Å². The van der Waals surface area contributed by atoms with Crippen molar-refractivity contribution in [3.63, 3.8) is 0 Å². The summed E-state index contributed by atoms with van der Waals surface area (Å²) in [5.41, 5.74) is 3.06. The fourth-order valence-electron chi connectivity index (χ4n) is 6.64. The molecule has 0 N–H and O–H groups in total. The van der Waals surface area contributed by atoms with Gasteiger partial charge >= 0.3 is 0 Å². The monoisotopic (exact) mass is 318 g/mol. The third-order valence-electron chi connectivity index (χ3n) is 7.58. The second-order valence-corrected chi connectivity index (χ2v) is 8.73. The van der Waals surface area contributed by atoms with E-state index in [9.17, 15) is 0 Å². The summed E-state index contributed by atoms with van der Waals surface area (Å²) in [5.74, 6) is 4.72. The van der Waals surface area contributed by atoms with Crippen molar-refractivity contribution in [2.24, 2.45) is 23.7 Å². The molecule has 0 heterocycles. The summed E-state index contributed by atoms with van der Waals surface area (Å²) in [7, 11) is 0. The van der Waals surface area contributed by atoms with Gasteiger partial charge in [-0.2, -0.15) is 0 Å². The summed E-state index contributed by atoms with van der Waals surface area (Å²) in [6.07, 6.45) is 15.1. The Morgan fingerprint density at radius 1 is 0.583 bits per heavy atom. The average molecular weight is 319 g/mol. The van der Waals surface area contributed by atoms with Gasteiger partial charge in [-0.15, -0.1) is 0 Å². The first kappa shape index (κ1) is 15.0. The molecule has 2 atom stereocenters. The van der Waals surface area contributed by atoms with E-state index in [1.54, 1.807) is 51.4 Å². The lowest BCUT2D eigenvalue weighted by Crippen LogP contribution is -2.31. The molecule has 4 aliphatic carbocycles. The second-order valence-electron chi connectivity index (χ2n) is 8.73. The molecule has 0 heteroatoms. The molecule has 4 aliphatic rings. The van der Waals surface area contributed by atoms with Crippen LogP contribution in [0.15, 0.2) is 36.4 Å². The van der Waals surface area contributed by atoms with Crippen LogP contribution in [0.3, 0.4) is 0 Å². The van der Waals surface area contributed by atoms with Crippen molar-refractivity contribution in [1.82, 2.24) is 0 Å². The molecule has 0 saturated heterocycles. The fourth-order valence-corrected chi connectivity index (χ4v) is 6.64. The van der Waals surface area contributed by atoms with Crippen LogP contribution in [-0.4, -0.2) is 0 Å². The predicted molar refractivity (Wildman–Crippen MR) is 102 cm³/mol. The smallest absolute Gasteiger partial charge is 0.0120 e. The topological polar surface area (TPSA) is 0 Å². The first-order valence-corrected chi connectivity index (χ1v) is 10.4. The minimum atomic E-state index is 1.17. The average Bonchev–Trinajstić information content (AvgIpc) is 3.24. The number of hydrogen-bond donors (Lipinski definition) is 0. The molecule has 2 aromatic carbocycles. The predicted octanol–water partition coefficient (Wildman–Crippen LogP) is 6.55. The maximum atomic E-state index is 2.25. The van der Waals surface area contributed by atoms with Gasteiger partial charge in [-0.05, 0) is 71.3 Å². The molecule has 0 nitrogen and oxygen atoms in total. The molecule has 0 radical (unpaired) electrons. The lowest BCUT2D eigenvalue weighted by Gasteiger charge is -2.40. The van der Waals surface area contributed by atoms with Crippen molar-refractivity contribution in [1.29, 1.82) is 0 Å². The van der Waals surface area contributed by atoms with Gasteiger partial charge in [0.25, 0.3) is 0 Å². The summed E-state index contributed by atoms with van der Waals surface area (Å²) in [4.78, 5) is 0. The quantitative estimate of drug-likeness (QED) is 0.516. The van der Waals surface area contributed by atoms with Gasteiger partial charge in [0.15, 0.2) is 0 Å². The Bertz CT molecular complexity index is 671. The van der Waals surface area contributed by atoms with Gasteiger partial charge in [0.1, 0.15) is 0 Å². The molecular formula is C24H30. The molecule has 0 bridgehead atoms. The number of benzene rings is 2. The van der Waals surface area contributed by atoms with Crippen LogP contribution in [0.25, 0.3) is 10.8 Å². The number of aryl methyl sites for hydroxylation is 2. The summed E-state index contributed by atoms with van der Waals surface area (Å²) in [6.45, 7) is 0. The largest absolute Gasteiger partial charge is 0.0614 e. The van der Waals surface area contributed by atoms with Gasteiger partial charge in [-0.25, -0.2) is 0 Å². The standard InChI is InChI=1S/C12H20.C12H10/c2*1-3-9-4-2-6-11-8-7-10(5-1)12(9)11/h9-12H,1-8H2;1-6H,7-8H2. The molecule has 6 rings (SSSR count). The van der Waals surface area contributed by atoms with Crippen LogP contribution in [-0.2, 0) is 12.8 Å². The zero-order valence-corrected chi connectivity index (χ0v) is 14.8. The van der Waals surface area contributed by atoms with Crippen molar-refractivity contribution in [3.05, 3.63) is 47.5 Å². The Balaban J connectivity index is 0.000000109. The van der Waals surface area contributed by atoms with Gasteiger partial charge in [0.05, 0.1) is 0 Å². The summed E-state index contributed by atoms with van der Waals surface area (Å²) >= 11 is 0. The van der Waals surface area contributed by atoms with Gasteiger partial charge < -0.3 is 0 Å². The zero-order valence-electron chi connectivity index (χ0n) is 14.8. The van der Waals surface area contributed by atoms with Crippen molar-refractivity contribution in [3.8, 4) is 0 Å². The molecule has 3 fully saturated rings. The Morgan fingerprint density at radius 3 is 1.62 bits per heavy atom. The molecule has 0 amide bonds. The van der Waals surface area contributed by atoms with Crippen molar-refractivity contribution in [2.45, 2.75) is 64.2 Å². The van der Waals surface area contributed by atoms with Crippen LogP contribution >= 0.6 is 0 Å². The minimum Gasteiger partial charge on any atom is -0.0614 e. The van der Waals surface area contributed by atoms with E-state index in [0.29, 0.717) is 0 Å². The van der Waals surface area contributed by atoms with Gasteiger partial charge in [-0.3, -0.25) is 0 Å². The molecule has 3 saturated carbocycles. The number of rotatable bonds is 0. The van der Waals surface area contributed by atoms with E-state index in [-0.39, 0.29) is 0 Å². The van der Waals surface area contributed by atoms with E-state index in [2.05, 4.69) is 36.4 Å². The highest BCUT2D eigenvalue weighted by molar-refractivity contribution is 5.90. The number of hydrogen-bond acceptors (Lipinski definition) is 0. The maximum Gasteiger partial charge on any atom is -0.0120 e. The highest BCUT2D eigenvalue weighted by atomic mass is 14.5. The molecule has 0 aromatic heterocycles. The third kappa shape index (κ3) is 2.50. The molecule has 126 valence electrons. The highest BCUT2D eigenvalue weighted by Crippen LogP contribution is 2.54. The Hall–Kier alpha value is -1.30. The molecule has 24 heavy (non-hydrogen) atoms. The summed E-state index contributed by atoms with van der Waals surface area (Å²) in [5, 5.41) is 2.92. The molecule has 0 spiro atoms. The lowest BCUT2D eigenvalue weighted by atomic mass is 9.65. The zero-order chi connectivity index (χ0) is 15.9. The first-order chi connectivity index (χ1) is 11.9. The van der Waals surface area contributed by atoms with Gasteiger partial charge in [-0.1, -0.05) is 74.9 Å². The van der Waals surface area contributed by atoms with E-state index in [1.807, 2.05) is 0 Å². The normalized spacial score (nSPS) is 33.0. The van der Waals surface area contributed by atoms with Crippen LogP contribution in [0.1, 0.15) is 62.5 Å². The highest BCUT2D eigenvalue weighted by Gasteiger charge is 2.44. The van der Waals surface area contributed by atoms with E-state index in [0.717, 1.165) is 0 Å². The lowest BCUT2D eigenvalue weighted by molar-refractivity contribution is 0.0951. The summed E-state index contributed by atoms with van der Waals surface area (Å²) < 4.78 is 0. The Kier molecular flexibility index (Phi) is 3.88. The van der Waals surface area contributed by atoms with Crippen LogP contribution < -0.4 is 0 Å². The van der Waals surface area contributed by atoms with E-state index in [4.69, 9.17) is 0 Å². The summed E-state index contributed by atoms with van der Waals surface area (Å²) in [6, 6.07) is 13.2. The minimum absolute atomic E-state index is 1.17. The molecule has 0 aliphatic heterocycles. The third-order valence-corrected chi connectivity index (χ3v) is 7.58. The SMILES string of the molecule is C1CC2CCCC3CCC(C1)C23.c1cc2c3c(cccc3c1)CC2. The Labute approximate surface area is 146 Å². The maximum absolute atomic E-state index is 2.25. The van der Waals surface area contributed by atoms with Gasteiger partial charge in [0, 0.05) is 0 Å².